The lowest BCUT2D eigenvalue weighted by Crippen LogP contribution is -2.43. The Kier molecular flexibility index (Phi) is 5.63. The molecule has 0 aliphatic rings. The van der Waals surface area contributed by atoms with Crippen molar-refractivity contribution in [2.75, 3.05) is 7.11 Å². The molecule has 18 heavy (non-hydrogen) atoms. The molecule has 0 aromatic carbocycles. The summed E-state index contributed by atoms with van der Waals surface area (Å²) in [6.45, 7) is 3.54. The van der Waals surface area contributed by atoms with E-state index < -0.39 is 12.0 Å². The van der Waals surface area contributed by atoms with Crippen LogP contribution in [-0.2, 0) is 20.7 Å². The average Bonchev–Trinajstić information content (AvgIpc) is 2.87. The van der Waals surface area contributed by atoms with Crippen LogP contribution in [0.15, 0.2) is 25.2 Å². The number of rotatable bonds is 7. The van der Waals surface area contributed by atoms with Gasteiger partial charge in [0.05, 0.1) is 13.4 Å². The van der Waals surface area contributed by atoms with Crippen LogP contribution < -0.4 is 5.32 Å². The zero-order valence-electron chi connectivity index (χ0n) is 10.3. The maximum Gasteiger partial charge on any atom is 0.328 e. The lowest BCUT2D eigenvalue weighted by atomic mass is 10.1. The van der Waals surface area contributed by atoms with Gasteiger partial charge in [-0.2, -0.15) is 0 Å². The molecule has 0 unspecified atom stereocenters. The number of amides is 1. The minimum absolute atomic E-state index is 0.204. The molecule has 98 valence electrons. The minimum atomic E-state index is -0.701. The molecule has 0 spiro atoms. The molecule has 0 aliphatic carbocycles. The van der Waals surface area contributed by atoms with Gasteiger partial charge in [0.1, 0.15) is 6.04 Å². The fraction of sp³-hybridized carbons (Fsp3) is 0.417. The first-order chi connectivity index (χ1) is 8.67. The van der Waals surface area contributed by atoms with E-state index in [1.54, 1.807) is 12.3 Å². The number of carbonyl (C=O) groups is 2. The third kappa shape index (κ3) is 4.40. The quantitative estimate of drug-likeness (QED) is 0.548. The molecule has 1 amide bonds. The number of methoxy groups -OCH3 is 1. The van der Waals surface area contributed by atoms with Gasteiger partial charge in [0.2, 0.25) is 5.91 Å². The number of nitrogens with zero attached hydrogens (tertiary/aromatic N) is 1. The molecule has 0 saturated heterocycles. The number of hydrogen-bond acceptors (Lipinski definition) is 4. The van der Waals surface area contributed by atoms with E-state index in [-0.39, 0.29) is 5.91 Å². The highest BCUT2D eigenvalue weighted by molar-refractivity contribution is 5.84. The highest BCUT2D eigenvalue weighted by Gasteiger charge is 2.22. The van der Waals surface area contributed by atoms with Crippen molar-refractivity contribution in [1.29, 1.82) is 0 Å². The lowest BCUT2D eigenvalue weighted by Gasteiger charge is -2.15. The van der Waals surface area contributed by atoms with Crippen LogP contribution in [0, 0.1) is 0 Å². The number of esters is 1. The molecule has 0 fully saturated rings. The predicted molar refractivity (Wildman–Crippen MR) is 65.7 cm³/mol. The third-order valence-corrected chi connectivity index (χ3v) is 2.38. The maximum absolute atomic E-state index is 11.6. The number of nitrogens with one attached hydrogen (secondary N) is 2. The van der Waals surface area contributed by atoms with Gasteiger partial charge in [-0.25, -0.2) is 9.78 Å². The summed E-state index contributed by atoms with van der Waals surface area (Å²) < 4.78 is 4.66. The van der Waals surface area contributed by atoms with Crippen LogP contribution in [0.1, 0.15) is 18.5 Å². The first-order valence-corrected chi connectivity index (χ1v) is 5.62. The molecule has 1 rings (SSSR count). The van der Waals surface area contributed by atoms with Gasteiger partial charge in [-0.15, -0.1) is 6.58 Å². The molecule has 6 nitrogen and oxygen atoms in total. The predicted octanol–water partition coefficient (Wildman–Crippen LogP) is 0.576. The zero-order valence-corrected chi connectivity index (χ0v) is 10.3. The van der Waals surface area contributed by atoms with Gasteiger partial charge in [-0.3, -0.25) is 4.79 Å². The highest BCUT2D eigenvalue weighted by Crippen LogP contribution is 2.01. The third-order valence-electron chi connectivity index (χ3n) is 2.38. The van der Waals surface area contributed by atoms with Gasteiger partial charge in [0.25, 0.3) is 0 Å². The molecule has 1 aromatic heterocycles. The van der Waals surface area contributed by atoms with Gasteiger partial charge in [-0.1, -0.05) is 6.08 Å². The summed E-state index contributed by atoms with van der Waals surface area (Å²) in [5, 5.41) is 2.63. The van der Waals surface area contributed by atoms with Crippen LogP contribution in [0.3, 0.4) is 0 Å². The molecule has 1 atom stereocenters. The molecule has 0 aliphatic heterocycles. The van der Waals surface area contributed by atoms with Crippen LogP contribution in [0.5, 0.6) is 0 Å². The first-order valence-electron chi connectivity index (χ1n) is 5.62. The Morgan fingerprint density at radius 1 is 1.67 bits per heavy atom. The normalized spacial score (nSPS) is 11.6. The maximum atomic E-state index is 11.6. The van der Waals surface area contributed by atoms with Gasteiger partial charge in [-0.05, 0) is 6.42 Å². The minimum Gasteiger partial charge on any atom is -0.467 e. The molecule has 1 heterocycles. The van der Waals surface area contributed by atoms with E-state index in [4.69, 9.17) is 0 Å². The van der Waals surface area contributed by atoms with Crippen molar-refractivity contribution < 1.29 is 14.3 Å². The molecule has 6 heteroatoms. The largest absolute Gasteiger partial charge is 0.467 e. The summed E-state index contributed by atoms with van der Waals surface area (Å²) >= 11 is 0. The molecule has 0 bridgehead atoms. The van der Waals surface area contributed by atoms with E-state index in [0.717, 1.165) is 5.69 Å². The van der Waals surface area contributed by atoms with Crippen molar-refractivity contribution in [1.82, 2.24) is 15.3 Å². The lowest BCUT2D eigenvalue weighted by molar-refractivity contribution is -0.145. The number of H-pyrrole nitrogens is 1. The van der Waals surface area contributed by atoms with Gasteiger partial charge in [0, 0.05) is 24.7 Å². The topological polar surface area (TPSA) is 84.1 Å². The monoisotopic (exact) mass is 251 g/mol. The van der Waals surface area contributed by atoms with E-state index in [9.17, 15) is 9.59 Å². The summed E-state index contributed by atoms with van der Waals surface area (Å²) in [5.74, 6) is -0.679. The Bertz CT molecular complexity index is 401. The van der Waals surface area contributed by atoms with Crippen molar-refractivity contribution in [3.8, 4) is 0 Å². The average molecular weight is 251 g/mol. The molecule has 2 N–H and O–H groups in total. The highest BCUT2D eigenvalue weighted by atomic mass is 16.5. The standard InChI is InChI=1S/C12H17N3O3/c1-3-4-5-11(16)15-10(12(17)18-2)6-9-7-13-8-14-9/h3,7-8,10H,1,4-6H2,2H3,(H,13,14)(H,15,16)/t10-/m0/s1. The molecule has 1 aromatic rings. The number of ether oxygens (including phenoxy) is 1. The Morgan fingerprint density at radius 3 is 3.00 bits per heavy atom. The summed E-state index contributed by atoms with van der Waals surface area (Å²) in [6, 6.07) is -0.701. The van der Waals surface area contributed by atoms with Crippen molar-refractivity contribution in [2.24, 2.45) is 0 Å². The van der Waals surface area contributed by atoms with Gasteiger partial charge in [0.15, 0.2) is 0 Å². The van der Waals surface area contributed by atoms with Crippen molar-refractivity contribution >= 4 is 11.9 Å². The Morgan fingerprint density at radius 2 is 2.44 bits per heavy atom. The fourth-order valence-corrected chi connectivity index (χ4v) is 1.45. The number of aromatic amines is 1. The van der Waals surface area contributed by atoms with Gasteiger partial charge >= 0.3 is 5.97 Å². The molecule has 0 radical (unpaired) electrons. The van der Waals surface area contributed by atoms with E-state index in [2.05, 4.69) is 26.6 Å². The second-order valence-corrected chi connectivity index (χ2v) is 3.75. The number of imidazole rings is 1. The van der Waals surface area contributed by atoms with E-state index in [1.165, 1.54) is 13.4 Å². The number of allylic oxidation sites excluding steroid dienone is 1. The summed E-state index contributed by atoms with van der Waals surface area (Å²) in [6.07, 6.45) is 5.98. The number of carbonyl (C=O) groups excluding carboxylic acids is 2. The fourth-order valence-electron chi connectivity index (χ4n) is 1.45. The van der Waals surface area contributed by atoms with Crippen LogP contribution >= 0.6 is 0 Å². The molecule has 0 saturated carbocycles. The molecular weight excluding hydrogens is 234 g/mol. The van der Waals surface area contributed by atoms with E-state index in [1.807, 2.05) is 0 Å². The van der Waals surface area contributed by atoms with Crippen molar-refractivity contribution in [3.63, 3.8) is 0 Å². The Balaban J connectivity index is 2.58. The summed E-state index contributed by atoms with van der Waals surface area (Å²) in [7, 11) is 1.29. The Labute approximate surface area is 105 Å². The van der Waals surface area contributed by atoms with Gasteiger partial charge < -0.3 is 15.0 Å². The van der Waals surface area contributed by atoms with Crippen LogP contribution in [0.4, 0.5) is 0 Å². The number of aromatic nitrogens is 2. The van der Waals surface area contributed by atoms with Crippen molar-refractivity contribution in [3.05, 3.63) is 30.9 Å². The van der Waals surface area contributed by atoms with E-state index >= 15 is 0 Å². The van der Waals surface area contributed by atoms with Crippen LogP contribution in [0.25, 0.3) is 0 Å². The summed E-state index contributed by atoms with van der Waals surface area (Å²) in [5.41, 5.74) is 0.759. The van der Waals surface area contributed by atoms with Crippen LogP contribution in [-0.4, -0.2) is 35.0 Å². The smallest absolute Gasteiger partial charge is 0.328 e. The van der Waals surface area contributed by atoms with E-state index in [0.29, 0.717) is 19.3 Å². The summed E-state index contributed by atoms with van der Waals surface area (Å²) in [4.78, 5) is 29.9. The first kappa shape index (κ1) is 14.0. The number of hydrogen-bond donors (Lipinski definition) is 2. The zero-order chi connectivity index (χ0) is 13.4. The Hall–Kier alpha value is -2.11. The van der Waals surface area contributed by atoms with Crippen LogP contribution in [0.2, 0.25) is 0 Å². The van der Waals surface area contributed by atoms with Crippen molar-refractivity contribution in [2.45, 2.75) is 25.3 Å². The SMILES string of the molecule is C=CCCC(=O)N[C@@H](Cc1cnc[nH]1)C(=O)OC. The second kappa shape index (κ2) is 7.26. The second-order valence-electron chi connectivity index (χ2n) is 3.75. The molecular formula is C12H17N3O3.